The molecule has 0 aliphatic heterocycles. The summed E-state index contributed by atoms with van der Waals surface area (Å²) in [5.41, 5.74) is 5.99. The molecular weight excluding hydrogens is 265 g/mol. The van der Waals surface area contributed by atoms with Gasteiger partial charge in [-0.15, -0.1) is 0 Å². The first-order chi connectivity index (χ1) is 8.31. The van der Waals surface area contributed by atoms with Crippen LogP contribution in [0.3, 0.4) is 0 Å². The van der Waals surface area contributed by atoms with Gasteiger partial charge in [0.2, 0.25) is 0 Å². The van der Waals surface area contributed by atoms with Crippen LogP contribution in [0.5, 0.6) is 0 Å². The van der Waals surface area contributed by atoms with Gasteiger partial charge in [0.1, 0.15) is 0 Å². The molecule has 98 valence electrons. The van der Waals surface area contributed by atoms with Gasteiger partial charge in [-0.3, -0.25) is 4.79 Å². The molecule has 1 amide bonds. The molecular formula is C11H11F3N2OS. The second-order valence-electron chi connectivity index (χ2n) is 3.09. The molecule has 7 heteroatoms. The molecule has 0 bridgehead atoms. The number of alkyl halides is 3. The van der Waals surface area contributed by atoms with Gasteiger partial charge in [-0.05, 0) is 36.3 Å². The summed E-state index contributed by atoms with van der Waals surface area (Å²) in [6.45, 7) is 2.12. The van der Waals surface area contributed by atoms with E-state index in [0.29, 0.717) is 0 Å². The van der Waals surface area contributed by atoms with Crippen molar-refractivity contribution in [2.75, 3.05) is 0 Å². The summed E-state index contributed by atoms with van der Waals surface area (Å²) in [6, 6.07) is 7.98. The molecule has 0 fully saturated rings. The summed E-state index contributed by atoms with van der Waals surface area (Å²) in [7, 11) is 0. The van der Waals surface area contributed by atoms with Gasteiger partial charge in [0, 0.05) is 0 Å². The highest BCUT2D eigenvalue weighted by Gasteiger charge is 2.35. The summed E-state index contributed by atoms with van der Waals surface area (Å²) in [5, 5.41) is 2.33. The maximum atomic E-state index is 10.7. The van der Waals surface area contributed by atoms with E-state index in [1.54, 1.807) is 0 Å². The summed E-state index contributed by atoms with van der Waals surface area (Å²) >= 11 is 4.48. The molecule has 1 rings (SSSR count). The molecule has 3 nitrogen and oxygen atoms in total. The lowest BCUT2D eigenvalue weighted by Crippen LogP contribution is -2.30. The van der Waals surface area contributed by atoms with Gasteiger partial charge in [-0.25, -0.2) is 0 Å². The molecule has 18 heavy (non-hydrogen) atoms. The minimum atomic E-state index is -4.86. The predicted molar refractivity (Wildman–Crippen MR) is 65.8 cm³/mol. The van der Waals surface area contributed by atoms with Crippen molar-refractivity contribution in [1.29, 1.82) is 0 Å². The van der Waals surface area contributed by atoms with Crippen molar-refractivity contribution in [1.82, 2.24) is 0 Å². The first-order valence-corrected chi connectivity index (χ1v) is 5.25. The first kappa shape index (κ1) is 16.3. The molecule has 1 aromatic carbocycles. The summed E-state index contributed by atoms with van der Waals surface area (Å²) < 4.78 is 32.1. The molecule has 0 heterocycles. The largest absolute Gasteiger partial charge is 0.470 e. The number of thiocarbonyl (C=S) groups is 1. The van der Waals surface area contributed by atoms with Crippen LogP contribution in [0.4, 0.5) is 18.9 Å². The molecule has 0 saturated carbocycles. The van der Waals surface area contributed by atoms with Crippen molar-refractivity contribution in [2.24, 2.45) is 10.7 Å². The minimum absolute atomic E-state index is 0.872. The number of hydrogen-bond donors (Lipinski definition) is 1. The Morgan fingerprint density at radius 2 is 1.83 bits per heavy atom. The van der Waals surface area contributed by atoms with Gasteiger partial charge >= 0.3 is 12.1 Å². The van der Waals surface area contributed by atoms with E-state index in [0.717, 1.165) is 12.1 Å². The summed E-state index contributed by atoms with van der Waals surface area (Å²) in [4.78, 5) is 13.0. The number of hydrogen-bond acceptors (Lipinski definition) is 3. The van der Waals surface area contributed by atoms with Crippen LogP contribution in [0.2, 0.25) is 0 Å². The van der Waals surface area contributed by atoms with Crippen LogP contribution in [0.25, 0.3) is 0 Å². The predicted octanol–water partition coefficient (Wildman–Crippen LogP) is 3.02. The van der Waals surface area contributed by atoms with E-state index in [1.165, 1.54) is 5.56 Å². The van der Waals surface area contributed by atoms with Gasteiger partial charge in [0.05, 0.1) is 10.8 Å². The van der Waals surface area contributed by atoms with Gasteiger partial charge in [0.15, 0.2) is 0 Å². The van der Waals surface area contributed by atoms with Crippen molar-refractivity contribution in [2.45, 2.75) is 19.5 Å². The lowest BCUT2D eigenvalue weighted by atomic mass is 10.2. The Kier molecular flexibility index (Phi) is 6.85. The number of benzene rings is 1. The van der Waals surface area contributed by atoms with Crippen molar-refractivity contribution < 1.29 is 18.0 Å². The molecule has 0 aliphatic rings. The van der Waals surface area contributed by atoms with Crippen LogP contribution in [0.1, 0.15) is 12.5 Å². The Morgan fingerprint density at radius 1 is 1.39 bits per heavy atom. The van der Waals surface area contributed by atoms with E-state index in [1.807, 2.05) is 24.3 Å². The van der Waals surface area contributed by atoms with Gasteiger partial charge in [0.25, 0.3) is 0 Å². The number of carbonyl (C=O) groups excluding carboxylic acids is 1. The van der Waals surface area contributed by atoms with Crippen molar-refractivity contribution in [3.05, 3.63) is 29.8 Å². The normalized spacial score (nSPS) is 9.78. The number of nitrogens with zero attached hydrogens (tertiary/aromatic N) is 1. The number of rotatable bonds is 2. The van der Waals surface area contributed by atoms with Crippen molar-refractivity contribution in [3.8, 4) is 0 Å². The molecule has 0 aromatic heterocycles. The standard InChI is InChI=1S/C9H9NS.C2H2F3NO/c1-2-8-3-5-9(6-4-8)10-7-11;3-2(4,5)1(6)7/h3-6H,2H2,1H3;(H2,6,7). The number of amides is 1. The van der Waals surface area contributed by atoms with E-state index in [9.17, 15) is 13.2 Å². The van der Waals surface area contributed by atoms with Crippen LogP contribution in [0.15, 0.2) is 29.3 Å². The monoisotopic (exact) mass is 276 g/mol. The highest BCUT2D eigenvalue weighted by Crippen LogP contribution is 2.12. The van der Waals surface area contributed by atoms with Crippen LogP contribution in [-0.2, 0) is 11.2 Å². The Balaban J connectivity index is 0.000000360. The van der Waals surface area contributed by atoms with Gasteiger partial charge in [-0.2, -0.15) is 18.2 Å². The summed E-state index contributed by atoms with van der Waals surface area (Å²) in [6.07, 6.45) is -3.80. The smallest absolute Gasteiger partial charge is 0.362 e. The Hall–Kier alpha value is -1.72. The molecule has 0 spiro atoms. The molecule has 2 N–H and O–H groups in total. The molecule has 0 saturated heterocycles. The van der Waals surface area contributed by atoms with Crippen LogP contribution in [0, 0.1) is 0 Å². The molecule has 0 unspecified atom stereocenters. The van der Waals surface area contributed by atoms with E-state index in [2.05, 4.69) is 35.0 Å². The maximum absolute atomic E-state index is 10.7. The average Bonchev–Trinajstić information content (AvgIpc) is 2.30. The average molecular weight is 276 g/mol. The van der Waals surface area contributed by atoms with Gasteiger partial charge < -0.3 is 5.73 Å². The van der Waals surface area contributed by atoms with E-state index in [-0.39, 0.29) is 0 Å². The van der Waals surface area contributed by atoms with E-state index >= 15 is 0 Å². The van der Waals surface area contributed by atoms with Crippen molar-refractivity contribution in [3.63, 3.8) is 0 Å². The fraction of sp³-hybridized carbons (Fsp3) is 0.273. The fourth-order valence-corrected chi connectivity index (χ4v) is 0.964. The number of aryl methyl sites for hydroxylation is 1. The van der Waals surface area contributed by atoms with E-state index < -0.39 is 12.1 Å². The van der Waals surface area contributed by atoms with E-state index in [4.69, 9.17) is 4.79 Å². The topological polar surface area (TPSA) is 55.4 Å². The zero-order valence-corrected chi connectivity index (χ0v) is 10.3. The van der Waals surface area contributed by atoms with Crippen LogP contribution in [-0.4, -0.2) is 17.2 Å². The number of primary amides is 1. The lowest BCUT2D eigenvalue weighted by molar-refractivity contribution is -0.169. The number of carbonyl (C=O) groups is 1. The Labute approximate surface area is 108 Å². The minimum Gasteiger partial charge on any atom is -0.362 e. The Morgan fingerprint density at radius 3 is 2.11 bits per heavy atom. The zero-order valence-electron chi connectivity index (χ0n) is 9.49. The van der Waals surface area contributed by atoms with Crippen molar-refractivity contribution >= 4 is 29.0 Å². The molecule has 0 radical (unpaired) electrons. The Bertz CT molecular complexity index is 437. The highest BCUT2D eigenvalue weighted by molar-refractivity contribution is 7.78. The quantitative estimate of drug-likeness (QED) is 0.666. The molecule has 0 aliphatic carbocycles. The van der Waals surface area contributed by atoms with Gasteiger partial charge in [-0.1, -0.05) is 19.1 Å². The lowest BCUT2D eigenvalue weighted by Gasteiger charge is -1.95. The second-order valence-corrected chi connectivity index (χ2v) is 3.27. The second kappa shape index (κ2) is 7.58. The number of isothiocyanates is 1. The maximum Gasteiger partial charge on any atom is 0.470 e. The fourth-order valence-electron chi connectivity index (χ4n) is 0.859. The summed E-state index contributed by atoms with van der Waals surface area (Å²) in [5.74, 6) is -2.26. The molecule has 1 aromatic rings. The number of nitrogens with two attached hydrogens (primary N) is 1. The van der Waals surface area contributed by atoms with Crippen LogP contribution >= 0.6 is 12.2 Å². The first-order valence-electron chi connectivity index (χ1n) is 4.84. The zero-order chi connectivity index (χ0) is 14.2. The van der Waals surface area contributed by atoms with Crippen LogP contribution < -0.4 is 5.73 Å². The molecule has 0 atom stereocenters. The SMILES string of the molecule is CCc1ccc(N=C=S)cc1.NC(=O)C(F)(F)F. The number of halogens is 3. The number of aliphatic imine (C=N–C) groups is 1. The third kappa shape index (κ3) is 6.78. The highest BCUT2D eigenvalue weighted by atomic mass is 32.1. The third-order valence-electron chi connectivity index (χ3n) is 1.80. The third-order valence-corrected chi connectivity index (χ3v) is 1.89.